The number of methoxy groups -OCH3 is 1. The number of benzene rings is 2. The van der Waals surface area contributed by atoms with Crippen LogP contribution in [0.3, 0.4) is 0 Å². The van der Waals surface area contributed by atoms with Gasteiger partial charge >= 0.3 is 0 Å². The number of alkyl halides is 2. The molecule has 1 saturated heterocycles. The first-order chi connectivity index (χ1) is 14.5. The Morgan fingerprint density at radius 1 is 1.23 bits per heavy atom. The molecular formula is C22H26BrF3N2O2. The third kappa shape index (κ3) is 6.44. The second-order valence-corrected chi connectivity index (χ2v) is 8.26. The van der Waals surface area contributed by atoms with Gasteiger partial charge in [0.05, 0.1) is 16.6 Å². The zero-order chi connectivity index (χ0) is 21.5. The van der Waals surface area contributed by atoms with E-state index in [1.807, 2.05) is 18.2 Å². The average Bonchev–Trinajstić information content (AvgIpc) is 2.71. The van der Waals surface area contributed by atoms with Crippen molar-refractivity contribution in [1.29, 1.82) is 0 Å². The van der Waals surface area contributed by atoms with Crippen LogP contribution >= 0.6 is 15.9 Å². The summed E-state index contributed by atoms with van der Waals surface area (Å²) in [6, 6.07) is 12.3. The molecule has 164 valence electrons. The normalized spacial score (nSPS) is 18.5. The summed E-state index contributed by atoms with van der Waals surface area (Å²) in [7, 11) is 1.54. The van der Waals surface area contributed by atoms with E-state index in [9.17, 15) is 13.2 Å². The van der Waals surface area contributed by atoms with Crippen molar-refractivity contribution in [3.8, 4) is 5.75 Å². The molecule has 1 fully saturated rings. The summed E-state index contributed by atoms with van der Waals surface area (Å²) in [5.41, 5.74) is 0.782. The molecule has 0 aliphatic carbocycles. The fourth-order valence-electron chi connectivity index (χ4n) is 3.72. The van der Waals surface area contributed by atoms with Gasteiger partial charge in [0.25, 0.3) is 6.43 Å². The summed E-state index contributed by atoms with van der Waals surface area (Å²) in [6.07, 6.45) is -2.72. The molecule has 1 heterocycles. The minimum atomic E-state index is -2.84. The highest BCUT2D eigenvalue weighted by molar-refractivity contribution is 9.10. The Morgan fingerprint density at radius 3 is 2.70 bits per heavy atom. The fourth-order valence-corrected chi connectivity index (χ4v) is 4.27. The summed E-state index contributed by atoms with van der Waals surface area (Å²) in [5.74, 6) is -0.774. The van der Waals surface area contributed by atoms with Gasteiger partial charge in [-0.15, -0.1) is 0 Å². The SMILES string of the molecule is COCC(CC1CN(Cc2ccccc2)CCN1)Oc1c(Br)cc(F)cc1C(F)F. The molecule has 0 amide bonds. The topological polar surface area (TPSA) is 33.7 Å². The lowest BCUT2D eigenvalue weighted by Gasteiger charge is -2.35. The summed E-state index contributed by atoms with van der Waals surface area (Å²) < 4.78 is 51.8. The predicted molar refractivity (Wildman–Crippen MR) is 113 cm³/mol. The number of hydrogen-bond donors (Lipinski definition) is 1. The van der Waals surface area contributed by atoms with Crippen molar-refractivity contribution in [2.45, 2.75) is 31.5 Å². The Hall–Kier alpha value is -1.61. The number of hydrogen-bond acceptors (Lipinski definition) is 4. The van der Waals surface area contributed by atoms with Crippen molar-refractivity contribution >= 4 is 15.9 Å². The maximum Gasteiger partial charge on any atom is 0.267 e. The third-order valence-corrected chi connectivity index (χ3v) is 5.63. The van der Waals surface area contributed by atoms with Gasteiger partial charge < -0.3 is 14.8 Å². The van der Waals surface area contributed by atoms with Crippen molar-refractivity contribution in [2.75, 3.05) is 33.4 Å². The summed E-state index contributed by atoms with van der Waals surface area (Å²) in [6.45, 7) is 3.67. The second-order valence-electron chi connectivity index (χ2n) is 7.41. The standard InChI is InChI=1S/C22H26BrF3N2O2/c1-29-14-18(30-21-19(22(25)26)9-16(24)10-20(21)23)11-17-13-28(8-7-27-17)12-15-5-3-2-4-6-15/h2-6,9-10,17-18,22,27H,7-8,11-14H2,1H3. The van der Waals surface area contributed by atoms with E-state index >= 15 is 0 Å². The van der Waals surface area contributed by atoms with Crippen molar-refractivity contribution < 1.29 is 22.6 Å². The van der Waals surface area contributed by atoms with Gasteiger partial charge in [0.1, 0.15) is 17.7 Å². The Kier molecular flexibility index (Phi) is 8.56. The van der Waals surface area contributed by atoms with Gasteiger partial charge in [0.15, 0.2) is 0 Å². The van der Waals surface area contributed by atoms with Crippen molar-refractivity contribution in [1.82, 2.24) is 10.2 Å². The van der Waals surface area contributed by atoms with Crippen LogP contribution in [0, 0.1) is 5.82 Å². The first-order valence-corrected chi connectivity index (χ1v) is 10.7. The van der Waals surface area contributed by atoms with Gasteiger partial charge in [-0.1, -0.05) is 30.3 Å². The fraction of sp³-hybridized carbons (Fsp3) is 0.455. The van der Waals surface area contributed by atoms with Crippen molar-refractivity contribution in [3.05, 3.63) is 63.9 Å². The van der Waals surface area contributed by atoms with Gasteiger partial charge in [-0.3, -0.25) is 4.90 Å². The number of nitrogens with zero attached hydrogens (tertiary/aromatic N) is 1. The molecule has 0 saturated carbocycles. The van der Waals surface area contributed by atoms with Crippen LogP contribution < -0.4 is 10.1 Å². The van der Waals surface area contributed by atoms with Crippen LogP contribution in [-0.4, -0.2) is 50.4 Å². The van der Waals surface area contributed by atoms with E-state index in [-0.39, 0.29) is 22.9 Å². The lowest BCUT2D eigenvalue weighted by molar-refractivity contribution is 0.0549. The van der Waals surface area contributed by atoms with E-state index in [0.29, 0.717) is 6.42 Å². The van der Waals surface area contributed by atoms with Crippen LogP contribution in [0.2, 0.25) is 0 Å². The first-order valence-electron chi connectivity index (χ1n) is 9.88. The molecular weight excluding hydrogens is 461 g/mol. The zero-order valence-electron chi connectivity index (χ0n) is 16.8. The number of rotatable bonds is 9. The average molecular weight is 487 g/mol. The highest BCUT2D eigenvalue weighted by Crippen LogP contribution is 2.37. The van der Waals surface area contributed by atoms with Crippen LogP contribution in [-0.2, 0) is 11.3 Å². The molecule has 2 unspecified atom stereocenters. The van der Waals surface area contributed by atoms with Crippen LogP contribution in [0.1, 0.15) is 24.0 Å². The van der Waals surface area contributed by atoms with Crippen LogP contribution in [0.25, 0.3) is 0 Å². The van der Waals surface area contributed by atoms with Gasteiger partial charge in [-0.2, -0.15) is 0 Å². The molecule has 0 bridgehead atoms. The Bertz CT molecular complexity index is 810. The van der Waals surface area contributed by atoms with Gasteiger partial charge in [0, 0.05) is 45.8 Å². The second kappa shape index (κ2) is 11.1. The van der Waals surface area contributed by atoms with E-state index in [2.05, 4.69) is 38.3 Å². The van der Waals surface area contributed by atoms with Gasteiger partial charge in [-0.05, 0) is 33.6 Å². The van der Waals surface area contributed by atoms with E-state index in [1.165, 1.54) is 5.56 Å². The van der Waals surface area contributed by atoms with E-state index in [0.717, 1.165) is 38.3 Å². The molecule has 1 aliphatic heterocycles. The molecule has 0 spiro atoms. The maximum atomic E-state index is 13.6. The lowest BCUT2D eigenvalue weighted by Crippen LogP contribution is -2.52. The monoisotopic (exact) mass is 486 g/mol. The molecule has 0 radical (unpaired) electrons. The number of halogens is 4. The van der Waals surface area contributed by atoms with Crippen molar-refractivity contribution in [2.24, 2.45) is 0 Å². The quantitative estimate of drug-likeness (QED) is 0.552. The third-order valence-electron chi connectivity index (χ3n) is 5.05. The molecule has 2 aromatic carbocycles. The van der Waals surface area contributed by atoms with Gasteiger partial charge in [-0.25, -0.2) is 13.2 Å². The Balaban J connectivity index is 1.67. The molecule has 3 rings (SSSR count). The minimum absolute atomic E-state index is 0.0367. The van der Waals surface area contributed by atoms with Crippen LogP contribution in [0.15, 0.2) is 46.9 Å². The van der Waals surface area contributed by atoms with Gasteiger partial charge in [0.2, 0.25) is 0 Å². The molecule has 4 nitrogen and oxygen atoms in total. The zero-order valence-corrected chi connectivity index (χ0v) is 18.4. The summed E-state index contributed by atoms with van der Waals surface area (Å²) in [5, 5.41) is 3.47. The number of piperazine rings is 1. The molecule has 0 aromatic heterocycles. The Labute approximate surface area is 183 Å². The summed E-state index contributed by atoms with van der Waals surface area (Å²) >= 11 is 3.15. The van der Waals surface area contributed by atoms with Crippen LogP contribution in [0.5, 0.6) is 5.75 Å². The smallest absolute Gasteiger partial charge is 0.267 e. The molecule has 30 heavy (non-hydrogen) atoms. The number of nitrogens with one attached hydrogen (secondary N) is 1. The predicted octanol–water partition coefficient (Wildman–Crippen LogP) is 4.78. The van der Waals surface area contributed by atoms with E-state index in [4.69, 9.17) is 9.47 Å². The molecule has 8 heteroatoms. The van der Waals surface area contributed by atoms with E-state index in [1.54, 1.807) is 7.11 Å². The van der Waals surface area contributed by atoms with E-state index < -0.39 is 23.9 Å². The van der Waals surface area contributed by atoms with Crippen LogP contribution in [0.4, 0.5) is 13.2 Å². The largest absolute Gasteiger partial charge is 0.486 e. The number of ether oxygens (including phenoxy) is 2. The molecule has 2 atom stereocenters. The Morgan fingerprint density at radius 2 is 2.00 bits per heavy atom. The minimum Gasteiger partial charge on any atom is -0.486 e. The lowest BCUT2D eigenvalue weighted by atomic mass is 10.1. The highest BCUT2D eigenvalue weighted by atomic mass is 79.9. The molecule has 1 aliphatic rings. The molecule has 2 aromatic rings. The summed E-state index contributed by atoms with van der Waals surface area (Å²) in [4.78, 5) is 2.36. The maximum absolute atomic E-state index is 13.6. The first kappa shape index (κ1) is 23.1. The molecule has 1 N–H and O–H groups in total. The highest BCUT2D eigenvalue weighted by Gasteiger charge is 2.26. The van der Waals surface area contributed by atoms with Crippen molar-refractivity contribution in [3.63, 3.8) is 0 Å².